The van der Waals surface area contributed by atoms with Crippen molar-refractivity contribution in [3.05, 3.63) is 0 Å². The Balaban J connectivity index is -0.0000000640. The summed E-state index contributed by atoms with van der Waals surface area (Å²) in [5, 5.41) is 0. The second-order valence-corrected chi connectivity index (χ2v) is 11.0. The Hall–Kier alpha value is 4.65. The molecule has 0 aromatic rings. The first-order chi connectivity index (χ1) is 10.8. The Labute approximate surface area is 252 Å². The Kier molecular flexibility index (Phi) is 33.1. The van der Waals surface area contributed by atoms with Crippen LogP contribution >= 0.6 is 46.9 Å². The number of hydrogen-bond acceptors (Lipinski definition) is 20. The van der Waals surface area contributed by atoms with Gasteiger partial charge in [-0.2, -0.15) is 0 Å². The van der Waals surface area contributed by atoms with E-state index >= 15 is 0 Å². The molecule has 0 N–H and O–H groups in total. The molecule has 0 spiro atoms. The van der Waals surface area contributed by atoms with E-state index in [1.165, 1.54) is 0 Å². The van der Waals surface area contributed by atoms with Crippen molar-refractivity contribution < 1.29 is 93.6 Å². The Morgan fingerprint density at radius 1 is 0.323 bits per heavy atom. The molecular formula is Mg5O20P6. The molecule has 20 nitrogen and oxygen atoms in total. The molecule has 0 aromatic carbocycles. The van der Waals surface area contributed by atoms with Crippen LogP contribution in [-0.2, 0) is 44.6 Å². The molecule has 0 saturated carbocycles. The molecule has 0 radical (unpaired) electrons. The molecule has 0 atom stereocenters. The monoisotopic (exact) mass is 626 g/mol. The van der Waals surface area contributed by atoms with Gasteiger partial charge in [-0.05, 0) is 0 Å². The smallest absolute Gasteiger partial charge is 0.790 e. The largest absolute Gasteiger partial charge is 2.00 e. The van der Waals surface area contributed by atoms with Crippen LogP contribution in [0.4, 0.5) is 0 Å². The van der Waals surface area contributed by atoms with Crippen molar-refractivity contribution in [1.82, 2.24) is 0 Å². The van der Waals surface area contributed by atoms with Crippen molar-refractivity contribution in [2.24, 2.45) is 0 Å². The van der Waals surface area contributed by atoms with Gasteiger partial charge in [-0.15, -0.1) is 0 Å². The van der Waals surface area contributed by atoms with Gasteiger partial charge in [-0.1, -0.05) is 0 Å². The molecule has 0 rings (SSSR count). The topological polar surface area (TPSA) is 370 Å². The summed E-state index contributed by atoms with van der Waals surface area (Å²) in [4.78, 5) is 97.3. The van der Waals surface area contributed by atoms with Gasteiger partial charge in [0.15, 0.2) is 0 Å². The van der Waals surface area contributed by atoms with Gasteiger partial charge in [0.1, 0.15) is 0 Å². The van der Waals surface area contributed by atoms with E-state index in [0.717, 1.165) is 0 Å². The Morgan fingerprint density at radius 2 is 0.419 bits per heavy atom. The first-order valence-electron chi connectivity index (χ1n) is 4.38. The average Bonchev–Trinajstić information content (AvgIpc) is 1.97. The minimum Gasteiger partial charge on any atom is -0.790 e. The maximum Gasteiger partial charge on any atom is 2.00 e. The van der Waals surface area contributed by atoms with Crippen LogP contribution in [0.1, 0.15) is 0 Å². The fourth-order valence-electron chi connectivity index (χ4n) is 0.520. The average molecular weight is 627 g/mol. The fraction of sp³-hybridized carbons (Fsp3) is 0. The molecule has 0 aliphatic rings. The molecular weight excluding hydrogens is 627 g/mol. The summed E-state index contributed by atoms with van der Waals surface area (Å²) in [6, 6.07) is 0. The van der Waals surface area contributed by atoms with Crippen molar-refractivity contribution in [3.63, 3.8) is 0 Å². The van der Waals surface area contributed by atoms with Gasteiger partial charge in [0.2, 0.25) is 0 Å². The van der Waals surface area contributed by atoms with E-state index in [9.17, 15) is 76.3 Å². The maximum atomic E-state index is 10.1. The molecule has 0 unspecified atom stereocenters. The third kappa shape index (κ3) is 45.0. The summed E-state index contributed by atoms with van der Waals surface area (Å²) >= 11 is 0. The standard InChI is InChI=1S/5Mg.2H5O10P3/c;;;;;2*1-11(2,3)9-13(7,8)10-12(4,5)6/h;;;;;2*(H,7,8)(H2,1,2,3)(H2,4,5,6)/q5*+2;;/p-10. The molecule has 31 heavy (non-hydrogen) atoms. The molecule has 0 bridgehead atoms. The molecule has 0 aromatic heterocycles. The van der Waals surface area contributed by atoms with Crippen molar-refractivity contribution in [3.8, 4) is 0 Å². The van der Waals surface area contributed by atoms with Gasteiger partial charge in [0.05, 0.1) is 31.3 Å². The summed E-state index contributed by atoms with van der Waals surface area (Å²) in [6.07, 6.45) is 0. The van der Waals surface area contributed by atoms with Gasteiger partial charge < -0.3 is 67.2 Å². The first kappa shape index (κ1) is 52.1. The molecule has 31 heteroatoms. The van der Waals surface area contributed by atoms with Gasteiger partial charge in [0, 0.05) is 0 Å². The molecule has 0 amide bonds. The summed E-state index contributed by atoms with van der Waals surface area (Å²) in [5.74, 6) is 0. The molecule has 0 saturated heterocycles. The SMILES string of the molecule is O=P([O-])([O-])OP(=O)([O-])OP(=O)([O-])[O-].O=P([O-])([O-])OP(=O)([O-])OP(=O)([O-])[O-].[Mg+2].[Mg+2].[Mg+2].[Mg+2].[Mg+2]. The number of rotatable bonds is 8. The second-order valence-electron chi connectivity index (χ2n) is 3.01. The minimum atomic E-state index is -5.97. The Bertz CT molecular complexity index is 628. The quantitative estimate of drug-likeness (QED) is 0.178. The van der Waals surface area contributed by atoms with Crippen LogP contribution in [0, 0.1) is 0 Å². The molecule has 0 aliphatic heterocycles. The first-order valence-corrected chi connectivity index (χ1v) is 13.1. The van der Waals surface area contributed by atoms with Crippen LogP contribution in [-0.4, -0.2) is 115 Å². The number of phosphoric acid groups is 6. The predicted molar refractivity (Wildman–Crippen MR) is 78.7 cm³/mol. The van der Waals surface area contributed by atoms with E-state index in [1.54, 1.807) is 0 Å². The van der Waals surface area contributed by atoms with Gasteiger partial charge in [-0.25, -0.2) is 0 Å². The minimum absolute atomic E-state index is 0. The molecule has 160 valence electrons. The van der Waals surface area contributed by atoms with E-state index in [-0.39, 0.29) is 115 Å². The van der Waals surface area contributed by atoms with Crippen LogP contribution in [0.25, 0.3) is 0 Å². The third-order valence-corrected chi connectivity index (χ3v) is 7.20. The summed E-state index contributed by atoms with van der Waals surface area (Å²) in [6.45, 7) is 0. The second kappa shape index (κ2) is 19.7. The fourth-order valence-corrected chi connectivity index (χ4v) is 5.21. The zero-order chi connectivity index (χ0) is 21.8. The molecule has 0 heterocycles. The van der Waals surface area contributed by atoms with Crippen LogP contribution < -0.4 is 48.9 Å². The van der Waals surface area contributed by atoms with Crippen molar-refractivity contribution in [1.29, 1.82) is 0 Å². The number of hydrogen-bond donors (Lipinski definition) is 0. The molecule has 0 fully saturated rings. The van der Waals surface area contributed by atoms with Crippen molar-refractivity contribution in [2.45, 2.75) is 0 Å². The zero-order valence-electron chi connectivity index (χ0n) is 14.4. The van der Waals surface area contributed by atoms with Crippen molar-refractivity contribution in [2.75, 3.05) is 0 Å². The van der Waals surface area contributed by atoms with Crippen LogP contribution in [0.3, 0.4) is 0 Å². The third-order valence-electron chi connectivity index (χ3n) is 0.800. The van der Waals surface area contributed by atoms with E-state index in [0.29, 0.717) is 0 Å². The van der Waals surface area contributed by atoms with Gasteiger partial charge >= 0.3 is 115 Å². The van der Waals surface area contributed by atoms with E-state index < -0.39 is 46.9 Å². The summed E-state index contributed by atoms with van der Waals surface area (Å²) < 4.78 is 69.4. The summed E-state index contributed by atoms with van der Waals surface area (Å²) in [5.41, 5.74) is 0. The van der Waals surface area contributed by atoms with Crippen LogP contribution in [0.5, 0.6) is 0 Å². The van der Waals surface area contributed by atoms with Crippen LogP contribution in [0.15, 0.2) is 0 Å². The normalized spacial score (nSPS) is 12.2. The van der Waals surface area contributed by atoms with Crippen LogP contribution in [0.2, 0.25) is 0 Å². The van der Waals surface area contributed by atoms with Crippen molar-refractivity contribution >= 4 is 162 Å². The van der Waals surface area contributed by atoms with Gasteiger partial charge in [-0.3, -0.25) is 26.4 Å². The van der Waals surface area contributed by atoms with Gasteiger partial charge in [0.25, 0.3) is 15.6 Å². The van der Waals surface area contributed by atoms with E-state index in [2.05, 4.69) is 17.2 Å². The molecule has 0 aliphatic carbocycles. The predicted octanol–water partition coefficient (Wildman–Crippen LogP) is -9.61. The maximum absolute atomic E-state index is 10.1. The zero-order valence-corrected chi connectivity index (χ0v) is 26.8. The van der Waals surface area contributed by atoms with E-state index in [4.69, 9.17) is 0 Å². The summed E-state index contributed by atoms with van der Waals surface area (Å²) in [7, 11) is -35.8. The van der Waals surface area contributed by atoms with E-state index in [1.807, 2.05) is 0 Å². The Morgan fingerprint density at radius 3 is 0.484 bits per heavy atom.